The van der Waals surface area contributed by atoms with E-state index in [2.05, 4.69) is 33.1 Å². The van der Waals surface area contributed by atoms with Gasteiger partial charge in [-0.05, 0) is 68.1 Å². The second-order valence-electron chi connectivity index (χ2n) is 7.83. The largest absolute Gasteiger partial charge is 0.489 e. The number of fused-ring (bicyclic) bond motifs is 1. The van der Waals surface area contributed by atoms with E-state index >= 15 is 0 Å². The Kier molecular flexibility index (Phi) is 5.58. The molecule has 28 heavy (non-hydrogen) atoms. The molecule has 0 spiro atoms. The predicted octanol–water partition coefficient (Wildman–Crippen LogP) is 4.32. The van der Waals surface area contributed by atoms with Crippen LogP contribution in [-0.4, -0.2) is 45.3 Å². The topological polar surface area (TPSA) is 61.4 Å². The number of aryl methyl sites for hydroxylation is 1. The highest BCUT2D eigenvalue weighted by Crippen LogP contribution is 2.29. The van der Waals surface area contributed by atoms with E-state index in [-0.39, 0.29) is 6.61 Å². The molecular formula is C22H26ClN3O2. The maximum atomic E-state index is 11.1. The van der Waals surface area contributed by atoms with Gasteiger partial charge in [0, 0.05) is 13.1 Å². The highest BCUT2D eigenvalue weighted by molar-refractivity contribution is 6.32. The van der Waals surface area contributed by atoms with Gasteiger partial charge < -0.3 is 14.8 Å². The maximum absolute atomic E-state index is 11.1. The van der Waals surface area contributed by atoms with E-state index in [0.717, 1.165) is 49.1 Å². The minimum atomic E-state index is -0.824. The quantitative estimate of drug-likeness (QED) is 0.670. The molecule has 0 unspecified atom stereocenters. The van der Waals surface area contributed by atoms with E-state index in [0.29, 0.717) is 17.2 Å². The van der Waals surface area contributed by atoms with Crippen molar-refractivity contribution in [1.82, 2.24) is 14.9 Å². The van der Waals surface area contributed by atoms with Crippen LogP contribution in [0.3, 0.4) is 0 Å². The molecule has 2 aromatic carbocycles. The number of H-pyrrole nitrogens is 1. The van der Waals surface area contributed by atoms with Crippen molar-refractivity contribution in [2.24, 2.45) is 0 Å². The first-order chi connectivity index (χ1) is 13.5. The van der Waals surface area contributed by atoms with Crippen LogP contribution < -0.4 is 4.74 Å². The Bertz CT molecular complexity index is 958. The zero-order chi connectivity index (χ0) is 19.6. The van der Waals surface area contributed by atoms with Crippen molar-refractivity contribution < 1.29 is 9.84 Å². The normalized spacial score (nSPS) is 21.0. The van der Waals surface area contributed by atoms with Crippen molar-refractivity contribution in [2.75, 3.05) is 19.7 Å². The lowest BCUT2D eigenvalue weighted by atomic mass is 9.96. The van der Waals surface area contributed by atoms with Crippen LogP contribution in [0.5, 0.6) is 5.75 Å². The first-order valence-electron chi connectivity index (χ1n) is 9.76. The van der Waals surface area contributed by atoms with E-state index < -0.39 is 5.60 Å². The number of aliphatic hydroxyl groups is 1. The van der Waals surface area contributed by atoms with Gasteiger partial charge in [0.15, 0.2) is 0 Å². The lowest BCUT2D eigenvalue weighted by Gasteiger charge is -2.27. The van der Waals surface area contributed by atoms with Gasteiger partial charge in [0.2, 0.25) is 0 Å². The number of aromatic nitrogens is 2. The summed E-state index contributed by atoms with van der Waals surface area (Å²) >= 11 is 6.22. The van der Waals surface area contributed by atoms with E-state index in [1.165, 1.54) is 5.56 Å². The zero-order valence-electron chi connectivity index (χ0n) is 16.1. The van der Waals surface area contributed by atoms with Gasteiger partial charge in [-0.25, -0.2) is 4.98 Å². The van der Waals surface area contributed by atoms with Crippen molar-refractivity contribution in [3.05, 3.63) is 58.9 Å². The van der Waals surface area contributed by atoms with Crippen LogP contribution in [0.4, 0.5) is 0 Å². The fourth-order valence-corrected chi connectivity index (χ4v) is 3.98. The summed E-state index contributed by atoms with van der Waals surface area (Å²) in [5.74, 6) is 0.643. The number of nitrogens with zero attached hydrogens (tertiary/aromatic N) is 2. The van der Waals surface area contributed by atoms with Crippen molar-refractivity contribution in [3.8, 4) is 5.75 Å². The summed E-state index contributed by atoms with van der Waals surface area (Å²) in [5, 5.41) is 11.6. The zero-order valence-corrected chi connectivity index (χ0v) is 16.9. The van der Waals surface area contributed by atoms with Crippen molar-refractivity contribution >= 4 is 22.6 Å². The number of likely N-dealkylation sites (tertiary alicyclic amines) is 1. The molecule has 1 aliphatic rings. The number of imidazole rings is 1. The Morgan fingerprint density at radius 3 is 3.00 bits per heavy atom. The molecule has 6 heteroatoms. The summed E-state index contributed by atoms with van der Waals surface area (Å²) in [7, 11) is 0. The third-order valence-corrected chi connectivity index (χ3v) is 5.80. The first-order valence-corrected chi connectivity index (χ1v) is 10.1. The number of hydrogen-bond acceptors (Lipinski definition) is 4. The summed E-state index contributed by atoms with van der Waals surface area (Å²) in [6, 6.07) is 12.0. The number of aromatic amines is 1. The number of rotatable bonds is 5. The van der Waals surface area contributed by atoms with E-state index in [4.69, 9.17) is 16.3 Å². The third-order valence-electron chi connectivity index (χ3n) is 5.48. The number of halogens is 1. The van der Waals surface area contributed by atoms with Gasteiger partial charge in [0.05, 0.1) is 28.0 Å². The Morgan fingerprint density at radius 1 is 1.21 bits per heavy atom. The fraction of sp³-hybridized carbons (Fsp3) is 0.409. The van der Waals surface area contributed by atoms with E-state index in [9.17, 15) is 5.11 Å². The molecule has 0 bridgehead atoms. The van der Waals surface area contributed by atoms with Crippen LogP contribution in [-0.2, 0) is 6.54 Å². The molecule has 0 saturated carbocycles. The second-order valence-corrected chi connectivity index (χ2v) is 8.24. The smallest absolute Gasteiger partial charge is 0.138 e. The van der Waals surface area contributed by atoms with Gasteiger partial charge >= 0.3 is 0 Å². The molecule has 1 saturated heterocycles. The number of benzene rings is 2. The standard InChI is InChI=1S/C22H26ClN3O2/c1-16-3-5-18(23)21(11-16)28-14-22(27)7-2-9-26(10-8-22)13-17-4-6-19-20(12-17)25-15-24-19/h3-6,11-12,15,27H,2,7-10,13-14H2,1H3,(H,24,25)/t22-/m1/s1. The summed E-state index contributed by atoms with van der Waals surface area (Å²) in [5.41, 5.74) is 3.57. The molecule has 3 aromatic rings. The summed E-state index contributed by atoms with van der Waals surface area (Å²) in [6.07, 6.45) is 4.07. The van der Waals surface area contributed by atoms with Crippen LogP contribution in [0, 0.1) is 6.92 Å². The summed E-state index contributed by atoms with van der Waals surface area (Å²) in [6.45, 7) is 4.94. The molecule has 4 rings (SSSR count). The van der Waals surface area contributed by atoms with Gasteiger partial charge in [-0.1, -0.05) is 23.7 Å². The van der Waals surface area contributed by atoms with Gasteiger partial charge in [-0.15, -0.1) is 0 Å². The number of ether oxygens (including phenoxy) is 1. The Hall–Kier alpha value is -2.08. The highest BCUT2D eigenvalue weighted by atomic mass is 35.5. The average molecular weight is 400 g/mol. The lowest BCUT2D eigenvalue weighted by molar-refractivity contribution is -0.0168. The molecule has 148 valence electrons. The van der Waals surface area contributed by atoms with Gasteiger partial charge in [-0.3, -0.25) is 4.90 Å². The molecule has 0 aliphatic carbocycles. The highest BCUT2D eigenvalue weighted by Gasteiger charge is 2.31. The van der Waals surface area contributed by atoms with Crippen LogP contribution in [0.25, 0.3) is 11.0 Å². The van der Waals surface area contributed by atoms with Crippen molar-refractivity contribution in [1.29, 1.82) is 0 Å². The molecular weight excluding hydrogens is 374 g/mol. The third kappa shape index (κ3) is 4.49. The predicted molar refractivity (Wildman–Crippen MR) is 112 cm³/mol. The van der Waals surface area contributed by atoms with Crippen molar-refractivity contribution in [2.45, 2.75) is 38.3 Å². The molecule has 0 amide bonds. The Labute approximate surface area is 170 Å². The number of hydrogen-bond donors (Lipinski definition) is 2. The van der Waals surface area contributed by atoms with Crippen LogP contribution in [0.1, 0.15) is 30.4 Å². The Morgan fingerprint density at radius 2 is 2.11 bits per heavy atom. The first kappa shape index (κ1) is 19.2. The minimum absolute atomic E-state index is 0.268. The fourth-order valence-electron chi connectivity index (χ4n) is 3.81. The van der Waals surface area contributed by atoms with Crippen LogP contribution in [0.15, 0.2) is 42.7 Å². The second kappa shape index (κ2) is 8.11. The van der Waals surface area contributed by atoms with E-state index in [1.54, 1.807) is 6.33 Å². The summed E-state index contributed by atoms with van der Waals surface area (Å²) in [4.78, 5) is 9.84. The average Bonchev–Trinajstić information content (AvgIpc) is 3.07. The summed E-state index contributed by atoms with van der Waals surface area (Å²) < 4.78 is 5.90. The van der Waals surface area contributed by atoms with Crippen LogP contribution in [0.2, 0.25) is 5.02 Å². The number of nitrogens with one attached hydrogen (secondary N) is 1. The van der Waals surface area contributed by atoms with Gasteiger partial charge in [-0.2, -0.15) is 0 Å². The molecule has 0 radical (unpaired) electrons. The monoisotopic (exact) mass is 399 g/mol. The van der Waals surface area contributed by atoms with Crippen LogP contribution >= 0.6 is 11.6 Å². The molecule has 5 nitrogen and oxygen atoms in total. The molecule has 1 aliphatic heterocycles. The molecule has 2 N–H and O–H groups in total. The lowest BCUT2D eigenvalue weighted by Crippen LogP contribution is -2.37. The minimum Gasteiger partial charge on any atom is -0.489 e. The molecule has 1 atom stereocenters. The maximum Gasteiger partial charge on any atom is 0.138 e. The van der Waals surface area contributed by atoms with E-state index in [1.807, 2.05) is 25.1 Å². The molecule has 1 fully saturated rings. The van der Waals surface area contributed by atoms with Crippen molar-refractivity contribution in [3.63, 3.8) is 0 Å². The molecule has 1 aromatic heterocycles. The van der Waals surface area contributed by atoms with Gasteiger partial charge in [0.25, 0.3) is 0 Å². The van der Waals surface area contributed by atoms with Gasteiger partial charge in [0.1, 0.15) is 12.4 Å². The molecule has 2 heterocycles. The SMILES string of the molecule is Cc1ccc(Cl)c(OC[C@@]2(O)CCCN(Cc3ccc4nc[nH]c4c3)CC2)c1. The Balaban J connectivity index is 1.36.